The summed E-state index contributed by atoms with van der Waals surface area (Å²) in [5.41, 5.74) is 0. The average Bonchev–Trinajstić information content (AvgIpc) is 2.11. The lowest BCUT2D eigenvalue weighted by Crippen LogP contribution is -2.48. The van der Waals surface area contributed by atoms with Crippen molar-refractivity contribution >= 4 is 6.09 Å². The Morgan fingerprint density at radius 2 is 2.23 bits per heavy atom. The van der Waals surface area contributed by atoms with Crippen LogP contribution in [-0.2, 0) is 9.47 Å². The molecule has 0 spiro atoms. The van der Waals surface area contributed by atoms with Crippen molar-refractivity contribution in [3.63, 3.8) is 0 Å². The van der Waals surface area contributed by atoms with E-state index in [-0.39, 0.29) is 18.3 Å². The van der Waals surface area contributed by atoms with Crippen molar-refractivity contribution in [3.05, 3.63) is 0 Å². The Morgan fingerprint density at radius 3 is 2.69 bits per heavy atom. The van der Waals surface area contributed by atoms with Crippen molar-refractivity contribution in [3.8, 4) is 0 Å². The monoisotopic (exact) mass is 187 g/mol. The van der Waals surface area contributed by atoms with Gasteiger partial charge in [0.2, 0.25) is 0 Å². The van der Waals surface area contributed by atoms with Crippen LogP contribution in [0, 0.1) is 5.92 Å². The van der Waals surface area contributed by atoms with E-state index >= 15 is 0 Å². The molecule has 1 rings (SSSR count). The van der Waals surface area contributed by atoms with E-state index in [2.05, 4.69) is 5.32 Å². The fraction of sp³-hybridized carbons (Fsp3) is 0.889. The van der Waals surface area contributed by atoms with Crippen molar-refractivity contribution in [2.24, 2.45) is 5.92 Å². The number of nitrogens with one attached hydrogen (secondary N) is 1. The number of carbonyl (C=O) groups excluding carboxylic acids is 1. The molecule has 0 aromatic rings. The van der Waals surface area contributed by atoms with Gasteiger partial charge in [-0.15, -0.1) is 0 Å². The van der Waals surface area contributed by atoms with Gasteiger partial charge in [-0.1, -0.05) is 6.92 Å². The molecular formula is C9H17NO3. The number of rotatable bonds is 3. The Balaban J connectivity index is 2.21. The first-order chi connectivity index (χ1) is 6.19. The summed E-state index contributed by atoms with van der Waals surface area (Å²) < 4.78 is 10.3. The number of ether oxygens (including phenoxy) is 2. The predicted molar refractivity (Wildman–Crippen MR) is 48.5 cm³/mol. The molecule has 1 fully saturated rings. The molecule has 4 heteroatoms. The van der Waals surface area contributed by atoms with E-state index in [1.807, 2.05) is 13.8 Å². The van der Waals surface area contributed by atoms with E-state index in [1.165, 1.54) is 0 Å². The molecule has 4 nitrogen and oxygen atoms in total. The minimum absolute atomic E-state index is 0.0245. The molecule has 0 aromatic heterocycles. The largest absolute Gasteiger partial charge is 0.446 e. The van der Waals surface area contributed by atoms with E-state index in [4.69, 9.17) is 9.47 Å². The standard InChI is InChI=1S/C9H17NO3/c1-4-10-9(11)13-8-5-7(12-3)6(8)2/h6-8H,4-5H2,1-3H3,(H,10,11)/t6?,7?,8-/m1/s1. The number of alkyl carbamates (subject to hydrolysis) is 1. The second kappa shape index (κ2) is 4.46. The van der Waals surface area contributed by atoms with E-state index in [0.29, 0.717) is 12.5 Å². The Kier molecular flexibility index (Phi) is 3.54. The van der Waals surface area contributed by atoms with Crippen molar-refractivity contribution in [2.75, 3.05) is 13.7 Å². The minimum atomic E-state index is -0.325. The zero-order valence-electron chi connectivity index (χ0n) is 8.37. The van der Waals surface area contributed by atoms with E-state index in [1.54, 1.807) is 7.11 Å². The summed E-state index contributed by atoms with van der Waals surface area (Å²) in [4.78, 5) is 11.0. The van der Waals surface area contributed by atoms with Crippen molar-refractivity contribution in [2.45, 2.75) is 32.5 Å². The molecule has 0 radical (unpaired) electrons. The van der Waals surface area contributed by atoms with Crippen molar-refractivity contribution in [1.29, 1.82) is 0 Å². The topological polar surface area (TPSA) is 47.6 Å². The van der Waals surface area contributed by atoms with Crippen LogP contribution in [-0.4, -0.2) is 32.0 Å². The van der Waals surface area contributed by atoms with E-state index in [9.17, 15) is 4.79 Å². The molecule has 0 heterocycles. The maximum absolute atomic E-state index is 11.0. The quantitative estimate of drug-likeness (QED) is 0.721. The Labute approximate surface area is 78.6 Å². The van der Waals surface area contributed by atoms with Gasteiger partial charge in [-0.05, 0) is 6.92 Å². The van der Waals surface area contributed by atoms with Crippen LogP contribution in [0.3, 0.4) is 0 Å². The first-order valence-corrected chi connectivity index (χ1v) is 4.66. The maximum Gasteiger partial charge on any atom is 0.407 e. The maximum atomic E-state index is 11.0. The molecule has 0 saturated heterocycles. The molecule has 1 aliphatic rings. The lowest BCUT2D eigenvalue weighted by molar-refractivity contribution is -0.105. The zero-order valence-corrected chi connectivity index (χ0v) is 8.37. The highest BCUT2D eigenvalue weighted by molar-refractivity contribution is 5.67. The van der Waals surface area contributed by atoms with Gasteiger partial charge in [0.15, 0.2) is 0 Å². The van der Waals surface area contributed by atoms with Crippen LogP contribution in [0.5, 0.6) is 0 Å². The number of carbonyl (C=O) groups is 1. The summed E-state index contributed by atoms with van der Waals surface area (Å²) in [6.07, 6.45) is 0.763. The zero-order chi connectivity index (χ0) is 9.84. The molecule has 0 aromatic carbocycles. The summed E-state index contributed by atoms with van der Waals surface area (Å²) in [5, 5.41) is 2.60. The van der Waals surface area contributed by atoms with Crippen LogP contribution >= 0.6 is 0 Å². The van der Waals surface area contributed by atoms with Gasteiger partial charge in [-0.25, -0.2) is 4.79 Å². The lowest BCUT2D eigenvalue weighted by Gasteiger charge is -2.40. The van der Waals surface area contributed by atoms with Crippen molar-refractivity contribution in [1.82, 2.24) is 5.32 Å². The van der Waals surface area contributed by atoms with Gasteiger partial charge in [-0.2, -0.15) is 0 Å². The highest BCUT2D eigenvalue weighted by atomic mass is 16.6. The molecular weight excluding hydrogens is 170 g/mol. The van der Waals surface area contributed by atoms with Gasteiger partial charge in [0, 0.05) is 26.0 Å². The summed E-state index contributed by atoms with van der Waals surface area (Å²) >= 11 is 0. The third-order valence-corrected chi connectivity index (χ3v) is 2.52. The first kappa shape index (κ1) is 10.3. The normalized spacial score (nSPS) is 32.1. The number of amides is 1. The molecule has 1 amide bonds. The summed E-state index contributed by atoms with van der Waals surface area (Å²) in [5.74, 6) is 0.313. The molecule has 76 valence electrons. The first-order valence-electron chi connectivity index (χ1n) is 4.66. The molecule has 3 atom stereocenters. The molecule has 1 N–H and O–H groups in total. The van der Waals surface area contributed by atoms with Crippen LogP contribution in [0.4, 0.5) is 4.79 Å². The van der Waals surface area contributed by atoms with Crippen molar-refractivity contribution < 1.29 is 14.3 Å². The van der Waals surface area contributed by atoms with Crippen LogP contribution < -0.4 is 5.32 Å². The highest BCUT2D eigenvalue weighted by Gasteiger charge is 2.40. The molecule has 0 aliphatic heterocycles. The smallest absolute Gasteiger partial charge is 0.407 e. The second-order valence-electron chi connectivity index (χ2n) is 3.34. The number of methoxy groups -OCH3 is 1. The lowest BCUT2D eigenvalue weighted by atomic mass is 9.80. The average molecular weight is 187 g/mol. The second-order valence-corrected chi connectivity index (χ2v) is 3.34. The minimum Gasteiger partial charge on any atom is -0.446 e. The number of hydrogen-bond donors (Lipinski definition) is 1. The van der Waals surface area contributed by atoms with Gasteiger partial charge in [0.25, 0.3) is 0 Å². The van der Waals surface area contributed by atoms with Gasteiger partial charge in [-0.3, -0.25) is 0 Å². The predicted octanol–water partition coefficient (Wildman–Crippen LogP) is 1.16. The summed E-state index contributed by atoms with van der Waals surface area (Å²) in [6.45, 7) is 4.50. The Hall–Kier alpha value is -0.770. The Morgan fingerprint density at radius 1 is 1.54 bits per heavy atom. The Bertz CT molecular complexity index is 184. The van der Waals surface area contributed by atoms with Crippen LogP contribution in [0.1, 0.15) is 20.3 Å². The fourth-order valence-electron chi connectivity index (χ4n) is 1.49. The third-order valence-electron chi connectivity index (χ3n) is 2.52. The van der Waals surface area contributed by atoms with Gasteiger partial charge in [0.1, 0.15) is 6.10 Å². The third kappa shape index (κ3) is 2.34. The molecule has 1 aliphatic carbocycles. The molecule has 2 unspecified atom stereocenters. The fourth-order valence-corrected chi connectivity index (χ4v) is 1.49. The van der Waals surface area contributed by atoms with E-state index in [0.717, 1.165) is 6.42 Å². The van der Waals surface area contributed by atoms with Gasteiger partial charge in [0.05, 0.1) is 6.10 Å². The SMILES string of the molecule is CCNC(=O)O[C@@H]1CC(OC)C1C. The molecule has 0 bridgehead atoms. The van der Waals surface area contributed by atoms with E-state index < -0.39 is 0 Å². The van der Waals surface area contributed by atoms with Crippen LogP contribution in [0.25, 0.3) is 0 Å². The summed E-state index contributed by atoms with van der Waals surface area (Å²) in [7, 11) is 1.68. The van der Waals surface area contributed by atoms with Crippen LogP contribution in [0.15, 0.2) is 0 Å². The van der Waals surface area contributed by atoms with Gasteiger partial charge >= 0.3 is 6.09 Å². The molecule has 13 heavy (non-hydrogen) atoms. The van der Waals surface area contributed by atoms with Crippen LogP contribution in [0.2, 0.25) is 0 Å². The highest BCUT2D eigenvalue weighted by Crippen LogP contribution is 2.32. The molecule has 1 saturated carbocycles. The summed E-state index contributed by atoms with van der Waals surface area (Å²) in [6, 6.07) is 0. The van der Waals surface area contributed by atoms with Gasteiger partial charge < -0.3 is 14.8 Å². The number of hydrogen-bond acceptors (Lipinski definition) is 3.